The second-order valence-corrected chi connectivity index (χ2v) is 5.44. The van der Waals surface area contributed by atoms with Crippen molar-refractivity contribution in [2.45, 2.75) is 19.8 Å². The van der Waals surface area contributed by atoms with E-state index in [0.29, 0.717) is 0 Å². The number of nitrogens with zero attached hydrogens (tertiary/aromatic N) is 2. The van der Waals surface area contributed by atoms with Crippen LogP contribution in [0.25, 0.3) is 0 Å². The molecule has 0 saturated heterocycles. The Balaban J connectivity index is 2.34. The number of hydrogen-bond acceptors (Lipinski definition) is 5. The smallest absolute Gasteiger partial charge is 0.142 e. The summed E-state index contributed by atoms with van der Waals surface area (Å²) < 4.78 is 6.34. The van der Waals surface area contributed by atoms with Gasteiger partial charge in [-0.1, -0.05) is 22.9 Å². The van der Waals surface area contributed by atoms with Gasteiger partial charge < -0.3 is 15.4 Å². The quantitative estimate of drug-likeness (QED) is 0.824. The highest BCUT2D eigenvalue weighted by atomic mass is 79.9. The first-order valence-corrected chi connectivity index (χ1v) is 7.61. The molecule has 21 heavy (non-hydrogen) atoms. The fourth-order valence-electron chi connectivity index (χ4n) is 1.94. The molecule has 5 nitrogen and oxygen atoms in total. The van der Waals surface area contributed by atoms with Gasteiger partial charge in [0, 0.05) is 24.0 Å². The number of hydrogen-bond donors (Lipinski definition) is 2. The van der Waals surface area contributed by atoms with E-state index in [1.54, 1.807) is 7.11 Å². The van der Waals surface area contributed by atoms with Crippen molar-refractivity contribution in [1.29, 1.82) is 0 Å². The molecule has 0 bridgehead atoms. The fraction of sp³-hybridized carbons (Fsp3) is 0.333. The molecule has 0 amide bonds. The zero-order valence-electron chi connectivity index (χ0n) is 12.4. The Hall–Kier alpha value is -1.82. The highest BCUT2D eigenvalue weighted by Gasteiger charge is 2.08. The molecule has 112 valence electrons. The first-order valence-electron chi connectivity index (χ1n) is 6.82. The van der Waals surface area contributed by atoms with Gasteiger partial charge in [-0.25, -0.2) is 9.97 Å². The predicted octanol–water partition coefficient (Wildman–Crippen LogP) is 3.99. The summed E-state index contributed by atoms with van der Waals surface area (Å²) >= 11 is 3.47. The molecule has 1 aromatic heterocycles. The Morgan fingerprint density at radius 3 is 2.62 bits per heavy atom. The lowest BCUT2D eigenvalue weighted by Crippen LogP contribution is -2.04. The number of halogens is 1. The van der Waals surface area contributed by atoms with Gasteiger partial charge in [-0.05, 0) is 24.6 Å². The molecule has 1 aromatic carbocycles. The monoisotopic (exact) mass is 350 g/mol. The lowest BCUT2D eigenvalue weighted by molar-refractivity contribution is 0.416. The summed E-state index contributed by atoms with van der Waals surface area (Å²) in [5, 5.41) is 6.35. The number of methoxy groups -OCH3 is 1. The molecular weight excluding hydrogens is 332 g/mol. The zero-order chi connectivity index (χ0) is 15.2. The van der Waals surface area contributed by atoms with Gasteiger partial charge in [-0.15, -0.1) is 0 Å². The van der Waals surface area contributed by atoms with E-state index >= 15 is 0 Å². The topological polar surface area (TPSA) is 59.1 Å². The Morgan fingerprint density at radius 1 is 1.19 bits per heavy atom. The number of rotatable bonds is 6. The minimum absolute atomic E-state index is 0.745. The summed E-state index contributed by atoms with van der Waals surface area (Å²) in [6.07, 6.45) is 1.85. The van der Waals surface area contributed by atoms with Crippen LogP contribution in [0.2, 0.25) is 0 Å². The molecule has 2 N–H and O–H groups in total. The van der Waals surface area contributed by atoms with Crippen molar-refractivity contribution in [1.82, 2.24) is 9.97 Å². The van der Waals surface area contributed by atoms with Crippen LogP contribution in [0.5, 0.6) is 5.75 Å². The lowest BCUT2D eigenvalue weighted by Gasteiger charge is -2.13. The van der Waals surface area contributed by atoms with Crippen molar-refractivity contribution in [3.05, 3.63) is 34.6 Å². The highest BCUT2D eigenvalue weighted by molar-refractivity contribution is 9.10. The second-order valence-electron chi connectivity index (χ2n) is 4.52. The first kappa shape index (κ1) is 15.6. The number of nitrogens with one attached hydrogen (secondary N) is 2. The molecule has 0 saturated carbocycles. The number of aryl methyl sites for hydroxylation is 1. The Morgan fingerprint density at radius 2 is 1.95 bits per heavy atom. The third kappa shape index (κ3) is 4.07. The molecule has 6 heteroatoms. The third-order valence-electron chi connectivity index (χ3n) is 2.93. The molecular formula is C15H19BrN4O. The summed E-state index contributed by atoms with van der Waals surface area (Å²) in [5.41, 5.74) is 0.857. The SMILES string of the molecule is CCCc1nc(NC)cc(Nc2cc(Br)ccc2OC)n1. The maximum absolute atomic E-state index is 5.36. The van der Waals surface area contributed by atoms with E-state index in [4.69, 9.17) is 4.74 Å². The summed E-state index contributed by atoms with van der Waals surface area (Å²) in [4.78, 5) is 8.98. The van der Waals surface area contributed by atoms with Gasteiger partial charge in [-0.3, -0.25) is 0 Å². The van der Waals surface area contributed by atoms with E-state index in [-0.39, 0.29) is 0 Å². The van der Waals surface area contributed by atoms with Gasteiger partial charge in [0.05, 0.1) is 12.8 Å². The third-order valence-corrected chi connectivity index (χ3v) is 3.42. The van der Waals surface area contributed by atoms with E-state index in [1.807, 2.05) is 31.3 Å². The van der Waals surface area contributed by atoms with Gasteiger partial charge in [0.2, 0.25) is 0 Å². The van der Waals surface area contributed by atoms with E-state index in [0.717, 1.165) is 46.2 Å². The average molecular weight is 351 g/mol. The van der Waals surface area contributed by atoms with Crippen molar-refractivity contribution in [2.24, 2.45) is 0 Å². The number of aromatic nitrogens is 2. The zero-order valence-corrected chi connectivity index (χ0v) is 14.0. The normalized spacial score (nSPS) is 10.3. The van der Waals surface area contributed by atoms with Crippen LogP contribution in [-0.4, -0.2) is 24.1 Å². The molecule has 0 radical (unpaired) electrons. The van der Waals surface area contributed by atoms with Gasteiger partial charge in [0.15, 0.2) is 0 Å². The Kier molecular flexibility index (Phi) is 5.38. The largest absolute Gasteiger partial charge is 0.495 e. The molecule has 0 aliphatic heterocycles. The second kappa shape index (κ2) is 7.26. The van der Waals surface area contributed by atoms with Gasteiger partial charge in [0.1, 0.15) is 23.2 Å². The number of benzene rings is 1. The summed E-state index contributed by atoms with van der Waals surface area (Å²) in [6.45, 7) is 2.11. The molecule has 0 unspecified atom stereocenters. The van der Waals surface area contributed by atoms with E-state index in [2.05, 4.69) is 43.5 Å². The molecule has 0 spiro atoms. The lowest BCUT2D eigenvalue weighted by atomic mass is 10.3. The molecule has 0 aliphatic carbocycles. The van der Waals surface area contributed by atoms with Crippen molar-refractivity contribution < 1.29 is 4.74 Å². The molecule has 0 fully saturated rings. The maximum atomic E-state index is 5.36. The van der Waals surface area contributed by atoms with Gasteiger partial charge in [-0.2, -0.15) is 0 Å². The summed E-state index contributed by atoms with van der Waals surface area (Å²) in [7, 11) is 3.50. The molecule has 0 aliphatic rings. The Bertz CT molecular complexity index is 619. The van der Waals surface area contributed by atoms with Crippen LogP contribution in [0, 0.1) is 0 Å². The minimum atomic E-state index is 0.745. The minimum Gasteiger partial charge on any atom is -0.495 e. The number of ether oxygens (including phenoxy) is 1. The highest BCUT2D eigenvalue weighted by Crippen LogP contribution is 2.30. The Labute approximate surface area is 133 Å². The average Bonchev–Trinajstić information content (AvgIpc) is 2.47. The first-order chi connectivity index (χ1) is 10.2. The van der Waals surface area contributed by atoms with Crippen molar-refractivity contribution in [3.8, 4) is 5.75 Å². The predicted molar refractivity (Wildman–Crippen MR) is 89.6 cm³/mol. The number of anilines is 3. The van der Waals surface area contributed by atoms with Crippen LogP contribution in [0.3, 0.4) is 0 Å². The van der Waals surface area contributed by atoms with E-state index < -0.39 is 0 Å². The standard InChI is InChI=1S/C15H19BrN4O/c1-4-5-13-19-14(17-2)9-15(20-13)18-11-8-10(16)6-7-12(11)21-3/h6-9H,4-5H2,1-3H3,(H2,17,18,19,20). The summed E-state index contributed by atoms with van der Waals surface area (Å²) in [6, 6.07) is 7.67. The van der Waals surface area contributed by atoms with E-state index in [9.17, 15) is 0 Å². The molecule has 0 atom stereocenters. The van der Waals surface area contributed by atoms with Crippen molar-refractivity contribution >= 4 is 33.3 Å². The molecule has 2 rings (SSSR count). The van der Waals surface area contributed by atoms with Crippen LogP contribution in [-0.2, 0) is 6.42 Å². The van der Waals surface area contributed by atoms with E-state index in [1.165, 1.54) is 0 Å². The maximum Gasteiger partial charge on any atom is 0.142 e. The van der Waals surface area contributed by atoms with Crippen LogP contribution in [0.15, 0.2) is 28.7 Å². The molecule has 1 heterocycles. The van der Waals surface area contributed by atoms with Crippen molar-refractivity contribution in [2.75, 3.05) is 24.8 Å². The molecule has 2 aromatic rings. The van der Waals surface area contributed by atoms with Gasteiger partial charge in [0.25, 0.3) is 0 Å². The van der Waals surface area contributed by atoms with Crippen LogP contribution < -0.4 is 15.4 Å². The van der Waals surface area contributed by atoms with Gasteiger partial charge >= 0.3 is 0 Å². The fourth-order valence-corrected chi connectivity index (χ4v) is 2.30. The van der Waals surface area contributed by atoms with Crippen molar-refractivity contribution in [3.63, 3.8) is 0 Å². The van der Waals surface area contributed by atoms with Crippen LogP contribution >= 0.6 is 15.9 Å². The van der Waals surface area contributed by atoms with Crippen LogP contribution in [0.4, 0.5) is 17.3 Å². The summed E-state index contributed by atoms with van der Waals surface area (Å²) in [5.74, 6) is 3.12. The van der Waals surface area contributed by atoms with Crippen LogP contribution in [0.1, 0.15) is 19.2 Å².